The summed E-state index contributed by atoms with van der Waals surface area (Å²) < 4.78 is 0. The first-order chi connectivity index (χ1) is 5.33. The summed E-state index contributed by atoms with van der Waals surface area (Å²) in [5, 5.41) is 8.23. The van der Waals surface area contributed by atoms with Crippen LogP contribution < -0.4 is 0 Å². The molecule has 0 amide bonds. The fraction of sp³-hybridized carbons (Fsp3) is 0. The minimum absolute atomic E-state index is 0.985. The van der Waals surface area contributed by atoms with Gasteiger partial charge in [-0.05, 0) is 24.1 Å². The van der Waals surface area contributed by atoms with Gasteiger partial charge in [-0.3, -0.25) is 0 Å². The fourth-order valence-corrected chi connectivity index (χ4v) is 0.762. The summed E-state index contributed by atoms with van der Waals surface area (Å²) in [7, 11) is 0. The number of benzene rings is 1. The van der Waals surface area contributed by atoms with Gasteiger partial charge in [-0.2, -0.15) is 5.26 Å². The fourth-order valence-electron chi connectivity index (χ4n) is 0.762. The molecule has 0 saturated heterocycles. The van der Waals surface area contributed by atoms with Crippen LogP contribution in [0.2, 0.25) is 0 Å². The monoisotopic (exact) mass is 142 g/mol. The minimum Gasteiger partial charge on any atom is -0.193 e. The Morgan fingerprint density at radius 2 is 1.91 bits per heavy atom. The Labute approximate surface area is 66.6 Å². The van der Waals surface area contributed by atoms with Gasteiger partial charge >= 0.3 is 0 Å². The van der Waals surface area contributed by atoms with Crippen molar-refractivity contribution in [1.29, 1.82) is 5.26 Å². The smallest absolute Gasteiger partial charge is 0.0912 e. The van der Waals surface area contributed by atoms with Crippen LogP contribution in [0, 0.1) is 18.3 Å². The Morgan fingerprint density at radius 3 is 2.45 bits per heavy atom. The maximum Gasteiger partial charge on any atom is 0.0912 e. The van der Waals surface area contributed by atoms with Crippen molar-refractivity contribution < 1.29 is 0 Å². The van der Waals surface area contributed by atoms with Crippen LogP contribution in [-0.4, -0.2) is 0 Å². The molecular formula is C10H8N. The molecule has 0 aliphatic heterocycles. The van der Waals surface area contributed by atoms with Crippen LogP contribution in [0.25, 0.3) is 6.08 Å². The molecule has 11 heavy (non-hydrogen) atoms. The van der Waals surface area contributed by atoms with Crippen LogP contribution in [0.5, 0.6) is 0 Å². The maximum atomic E-state index is 8.23. The first-order valence-corrected chi connectivity index (χ1v) is 3.31. The number of allylic oxidation sites excluding steroid dienone is 1. The van der Waals surface area contributed by atoms with E-state index in [1.165, 1.54) is 6.08 Å². The quantitative estimate of drug-likeness (QED) is 0.552. The molecule has 0 aliphatic carbocycles. The summed E-state index contributed by atoms with van der Waals surface area (Å²) in [5.74, 6) is 0. The molecule has 0 aromatic heterocycles. The second kappa shape index (κ2) is 3.58. The predicted octanol–water partition coefficient (Wildman–Crippen LogP) is 2.41. The summed E-state index contributed by atoms with van der Waals surface area (Å²) >= 11 is 0. The van der Waals surface area contributed by atoms with Gasteiger partial charge in [-0.25, -0.2) is 0 Å². The molecule has 0 unspecified atom stereocenters. The zero-order chi connectivity index (χ0) is 8.10. The average molecular weight is 142 g/mol. The lowest BCUT2D eigenvalue weighted by Crippen LogP contribution is -1.72. The van der Waals surface area contributed by atoms with E-state index in [1.807, 2.05) is 30.3 Å². The summed E-state index contributed by atoms with van der Waals surface area (Å²) in [6.07, 6.45) is 3.22. The molecule has 0 spiro atoms. The zero-order valence-corrected chi connectivity index (χ0v) is 6.12. The lowest BCUT2D eigenvalue weighted by Gasteiger charge is -1.91. The highest BCUT2D eigenvalue weighted by Crippen LogP contribution is 2.04. The van der Waals surface area contributed by atoms with E-state index in [0.29, 0.717) is 0 Å². The van der Waals surface area contributed by atoms with Crippen molar-refractivity contribution in [2.24, 2.45) is 0 Å². The number of hydrogen-bond acceptors (Lipinski definition) is 1. The lowest BCUT2D eigenvalue weighted by atomic mass is 10.1. The predicted molar refractivity (Wildman–Crippen MR) is 45.5 cm³/mol. The number of nitriles is 1. The van der Waals surface area contributed by atoms with Gasteiger partial charge in [0.15, 0.2) is 0 Å². The van der Waals surface area contributed by atoms with E-state index in [2.05, 4.69) is 6.92 Å². The van der Waals surface area contributed by atoms with Crippen molar-refractivity contribution in [3.63, 3.8) is 0 Å². The van der Waals surface area contributed by atoms with E-state index in [-0.39, 0.29) is 0 Å². The van der Waals surface area contributed by atoms with Gasteiger partial charge in [0.1, 0.15) is 0 Å². The molecule has 53 valence electrons. The second-order valence-electron chi connectivity index (χ2n) is 2.20. The molecule has 1 nitrogen and oxygen atoms in total. The largest absolute Gasteiger partial charge is 0.193 e. The Hall–Kier alpha value is -1.55. The van der Waals surface area contributed by atoms with Crippen LogP contribution in [0.15, 0.2) is 30.3 Å². The molecule has 0 N–H and O–H groups in total. The molecule has 0 bridgehead atoms. The highest BCUT2D eigenvalue weighted by atomic mass is 14.2. The highest BCUT2D eigenvalue weighted by Gasteiger charge is 1.84. The van der Waals surface area contributed by atoms with Crippen molar-refractivity contribution in [3.05, 3.63) is 48.4 Å². The summed E-state index contributed by atoms with van der Waals surface area (Å²) in [4.78, 5) is 0. The number of nitrogens with zero attached hydrogens (tertiary/aromatic N) is 1. The van der Waals surface area contributed by atoms with E-state index >= 15 is 0 Å². The van der Waals surface area contributed by atoms with Gasteiger partial charge in [-0.1, -0.05) is 24.3 Å². The minimum atomic E-state index is 0.985. The van der Waals surface area contributed by atoms with Crippen molar-refractivity contribution in [2.45, 2.75) is 0 Å². The van der Waals surface area contributed by atoms with Gasteiger partial charge in [-0.15, -0.1) is 0 Å². The Kier molecular flexibility index (Phi) is 2.46. The molecule has 0 atom stereocenters. The lowest BCUT2D eigenvalue weighted by molar-refractivity contribution is 1.53. The van der Waals surface area contributed by atoms with Gasteiger partial charge in [0.2, 0.25) is 0 Å². The highest BCUT2D eigenvalue weighted by molar-refractivity contribution is 5.52. The molecule has 1 rings (SSSR count). The van der Waals surface area contributed by atoms with E-state index in [1.54, 1.807) is 6.08 Å². The third-order valence-corrected chi connectivity index (χ3v) is 1.33. The standard InChI is InChI=1S/C10H8N/c1-9-4-6-10(7-5-9)3-2-8-11/h2-7H,1H2. The van der Waals surface area contributed by atoms with E-state index in [9.17, 15) is 0 Å². The molecule has 0 saturated carbocycles. The summed E-state index contributed by atoms with van der Waals surface area (Å²) in [5.41, 5.74) is 2.01. The molecule has 0 fully saturated rings. The third kappa shape index (κ3) is 2.27. The van der Waals surface area contributed by atoms with Gasteiger partial charge in [0.25, 0.3) is 0 Å². The molecule has 1 heteroatoms. The summed E-state index contributed by atoms with van der Waals surface area (Å²) in [6.45, 7) is 3.75. The van der Waals surface area contributed by atoms with Crippen LogP contribution in [-0.2, 0) is 0 Å². The van der Waals surface area contributed by atoms with Gasteiger partial charge in [0, 0.05) is 6.08 Å². The SMILES string of the molecule is [CH2]c1ccc(C=CC#N)cc1. The topological polar surface area (TPSA) is 23.8 Å². The van der Waals surface area contributed by atoms with E-state index < -0.39 is 0 Å². The zero-order valence-electron chi connectivity index (χ0n) is 6.12. The van der Waals surface area contributed by atoms with Gasteiger partial charge < -0.3 is 0 Å². The Balaban J connectivity index is 2.84. The van der Waals surface area contributed by atoms with Crippen molar-refractivity contribution >= 4 is 6.08 Å². The third-order valence-electron chi connectivity index (χ3n) is 1.33. The van der Waals surface area contributed by atoms with Gasteiger partial charge in [0.05, 0.1) is 6.07 Å². The molecule has 1 aromatic carbocycles. The average Bonchev–Trinajstić information content (AvgIpc) is 2.04. The van der Waals surface area contributed by atoms with Crippen LogP contribution in [0.4, 0.5) is 0 Å². The first-order valence-electron chi connectivity index (χ1n) is 3.31. The molecule has 1 radical (unpaired) electrons. The number of rotatable bonds is 1. The van der Waals surface area contributed by atoms with Crippen LogP contribution >= 0.6 is 0 Å². The van der Waals surface area contributed by atoms with E-state index in [0.717, 1.165) is 11.1 Å². The summed E-state index contributed by atoms with van der Waals surface area (Å²) in [6, 6.07) is 9.62. The maximum absolute atomic E-state index is 8.23. The normalized spacial score (nSPS) is 9.82. The molecule has 0 aliphatic rings. The van der Waals surface area contributed by atoms with E-state index in [4.69, 9.17) is 5.26 Å². The molecule has 1 aromatic rings. The number of hydrogen-bond donors (Lipinski definition) is 0. The molecular weight excluding hydrogens is 134 g/mol. The van der Waals surface area contributed by atoms with Crippen molar-refractivity contribution in [3.8, 4) is 6.07 Å². The van der Waals surface area contributed by atoms with Crippen molar-refractivity contribution in [2.75, 3.05) is 0 Å². The Bertz CT molecular complexity index is 288. The van der Waals surface area contributed by atoms with Crippen molar-refractivity contribution in [1.82, 2.24) is 0 Å². The molecule has 0 heterocycles. The first kappa shape index (κ1) is 7.56. The van der Waals surface area contributed by atoms with Crippen LogP contribution in [0.3, 0.4) is 0 Å². The Morgan fingerprint density at radius 1 is 1.27 bits per heavy atom. The van der Waals surface area contributed by atoms with Crippen LogP contribution in [0.1, 0.15) is 11.1 Å². The second-order valence-corrected chi connectivity index (χ2v) is 2.20.